The van der Waals surface area contributed by atoms with Crippen molar-refractivity contribution in [2.75, 3.05) is 13.2 Å². The second kappa shape index (κ2) is 6.38. The molecule has 1 aliphatic rings. The lowest BCUT2D eigenvalue weighted by Crippen LogP contribution is -2.35. The average Bonchev–Trinajstić information content (AvgIpc) is 2.23. The molecule has 1 saturated carbocycles. The maximum Gasteiger partial charge on any atom is 0.246 e. The van der Waals surface area contributed by atoms with Crippen LogP contribution in [-0.4, -0.2) is 31.2 Å². The van der Waals surface area contributed by atoms with Crippen molar-refractivity contribution in [1.29, 1.82) is 5.26 Å². The molecule has 0 aromatic heterocycles. The number of nitrogens with zero attached hydrogens (tertiary/aromatic N) is 1. The number of hydrogen-bond acceptors (Lipinski definition) is 4. The molecule has 84 valence electrons. The molecule has 0 heterocycles. The standard InChI is InChI=1S/C10H17N3O2/c11-4-5-13-10(14)7-15-9-3-1-2-8(12)6-9/h8-9H,1-3,5-7,12H2,(H,13,14). The second-order valence-corrected chi connectivity index (χ2v) is 3.79. The lowest BCUT2D eigenvalue weighted by Gasteiger charge is -2.26. The van der Waals surface area contributed by atoms with Crippen LogP contribution in [0.3, 0.4) is 0 Å². The summed E-state index contributed by atoms with van der Waals surface area (Å²) in [5, 5.41) is 10.7. The fourth-order valence-electron chi connectivity index (χ4n) is 1.72. The molecule has 1 fully saturated rings. The summed E-state index contributed by atoms with van der Waals surface area (Å²) in [6.07, 6.45) is 4.00. The minimum absolute atomic E-state index is 0.0269. The number of carbonyl (C=O) groups excluding carboxylic acids is 1. The third kappa shape index (κ3) is 4.77. The van der Waals surface area contributed by atoms with E-state index in [0.717, 1.165) is 25.7 Å². The highest BCUT2D eigenvalue weighted by Crippen LogP contribution is 2.19. The molecular weight excluding hydrogens is 194 g/mol. The van der Waals surface area contributed by atoms with Crippen molar-refractivity contribution in [2.24, 2.45) is 5.73 Å². The first-order valence-corrected chi connectivity index (χ1v) is 5.23. The van der Waals surface area contributed by atoms with E-state index in [1.165, 1.54) is 0 Å². The zero-order valence-corrected chi connectivity index (χ0v) is 8.74. The summed E-state index contributed by atoms with van der Waals surface area (Å²) in [6, 6.07) is 2.04. The van der Waals surface area contributed by atoms with Crippen molar-refractivity contribution in [1.82, 2.24) is 5.32 Å². The van der Waals surface area contributed by atoms with Crippen LogP contribution in [-0.2, 0) is 9.53 Å². The summed E-state index contributed by atoms with van der Waals surface area (Å²) in [5.41, 5.74) is 5.79. The lowest BCUT2D eigenvalue weighted by atomic mass is 9.94. The minimum atomic E-state index is -0.240. The molecule has 2 unspecified atom stereocenters. The summed E-state index contributed by atoms with van der Waals surface area (Å²) in [7, 11) is 0. The molecule has 0 aromatic rings. The highest BCUT2D eigenvalue weighted by atomic mass is 16.5. The van der Waals surface area contributed by atoms with Gasteiger partial charge >= 0.3 is 0 Å². The molecule has 0 radical (unpaired) electrons. The number of ether oxygens (including phenoxy) is 1. The van der Waals surface area contributed by atoms with Crippen LogP contribution in [0.25, 0.3) is 0 Å². The zero-order chi connectivity index (χ0) is 11.1. The molecule has 0 bridgehead atoms. The first-order valence-electron chi connectivity index (χ1n) is 5.23. The Morgan fingerprint density at radius 2 is 2.40 bits per heavy atom. The molecule has 1 rings (SSSR count). The second-order valence-electron chi connectivity index (χ2n) is 3.79. The topological polar surface area (TPSA) is 88.1 Å². The van der Waals surface area contributed by atoms with Crippen LogP contribution in [0.1, 0.15) is 25.7 Å². The van der Waals surface area contributed by atoms with Gasteiger partial charge in [-0.15, -0.1) is 0 Å². The van der Waals surface area contributed by atoms with Gasteiger partial charge in [0.05, 0.1) is 12.2 Å². The van der Waals surface area contributed by atoms with Crippen LogP contribution in [0.15, 0.2) is 0 Å². The first-order chi connectivity index (χ1) is 7.22. The summed E-state index contributed by atoms with van der Waals surface area (Å²) < 4.78 is 5.41. The van der Waals surface area contributed by atoms with E-state index in [1.54, 1.807) is 0 Å². The zero-order valence-electron chi connectivity index (χ0n) is 8.74. The van der Waals surface area contributed by atoms with Gasteiger partial charge in [0.1, 0.15) is 13.2 Å². The third-order valence-electron chi connectivity index (χ3n) is 2.48. The molecule has 0 saturated heterocycles. The van der Waals surface area contributed by atoms with Gasteiger partial charge in [0.15, 0.2) is 0 Å². The quantitative estimate of drug-likeness (QED) is 0.636. The molecule has 1 amide bonds. The Morgan fingerprint density at radius 3 is 3.07 bits per heavy atom. The largest absolute Gasteiger partial charge is 0.368 e. The lowest BCUT2D eigenvalue weighted by molar-refractivity contribution is -0.128. The molecule has 5 heteroatoms. The van der Waals surface area contributed by atoms with Crippen molar-refractivity contribution >= 4 is 5.91 Å². The highest BCUT2D eigenvalue weighted by Gasteiger charge is 2.20. The summed E-state index contributed by atoms with van der Waals surface area (Å²) in [4.78, 5) is 11.1. The predicted octanol–water partition coefficient (Wildman–Crippen LogP) is -0.0873. The monoisotopic (exact) mass is 211 g/mol. The van der Waals surface area contributed by atoms with Crippen molar-refractivity contribution in [3.8, 4) is 6.07 Å². The summed E-state index contributed by atoms with van der Waals surface area (Å²) in [5.74, 6) is -0.240. The summed E-state index contributed by atoms with van der Waals surface area (Å²) in [6.45, 7) is 0.0610. The van der Waals surface area contributed by atoms with Crippen molar-refractivity contribution < 1.29 is 9.53 Å². The molecule has 0 aliphatic heterocycles. The minimum Gasteiger partial charge on any atom is -0.368 e. The van der Waals surface area contributed by atoms with E-state index in [-0.39, 0.29) is 31.2 Å². The van der Waals surface area contributed by atoms with Gasteiger partial charge in [0.25, 0.3) is 0 Å². The molecule has 1 aliphatic carbocycles. The molecule has 0 aromatic carbocycles. The van der Waals surface area contributed by atoms with Crippen LogP contribution in [0.2, 0.25) is 0 Å². The molecule has 15 heavy (non-hydrogen) atoms. The molecule has 5 nitrogen and oxygen atoms in total. The van der Waals surface area contributed by atoms with E-state index in [1.807, 2.05) is 6.07 Å². The predicted molar refractivity (Wildman–Crippen MR) is 54.8 cm³/mol. The van der Waals surface area contributed by atoms with Crippen molar-refractivity contribution in [3.05, 3.63) is 0 Å². The Hall–Kier alpha value is -1.12. The Kier molecular flexibility index (Phi) is 5.08. The SMILES string of the molecule is N#CCNC(=O)COC1CCCC(N)C1. The highest BCUT2D eigenvalue weighted by molar-refractivity contribution is 5.77. The smallest absolute Gasteiger partial charge is 0.246 e. The molecule has 3 N–H and O–H groups in total. The molecule has 2 atom stereocenters. The maximum atomic E-state index is 11.1. The number of rotatable bonds is 4. The fourth-order valence-corrected chi connectivity index (χ4v) is 1.72. The van der Waals surface area contributed by atoms with Gasteiger partial charge in [-0.25, -0.2) is 0 Å². The van der Waals surface area contributed by atoms with Gasteiger partial charge in [-0.05, 0) is 25.7 Å². The van der Waals surface area contributed by atoms with E-state index in [0.29, 0.717) is 0 Å². The Morgan fingerprint density at radius 1 is 1.60 bits per heavy atom. The molecular formula is C10H17N3O2. The number of hydrogen-bond donors (Lipinski definition) is 2. The van der Waals surface area contributed by atoms with Crippen LogP contribution in [0, 0.1) is 11.3 Å². The fraction of sp³-hybridized carbons (Fsp3) is 0.800. The first kappa shape index (κ1) is 12.0. The summed E-state index contributed by atoms with van der Waals surface area (Å²) >= 11 is 0. The molecule has 0 spiro atoms. The van der Waals surface area contributed by atoms with E-state index in [2.05, 4.69) is 5.32 Å². The van der Waals surface area contributed by atoms with Gasteiger partial charge in [0, 0.05) is 6.04 Å². The number of nitriles is 1. The third-order valence-corrected chi connectivity index (χ3v) is 2.48. The Labute approximate surface area is 89.6 Å². The van der Waals surface area contributed by atoms with Crippen molar-refractivity contribution in [2.45, 2.75) is 37.8 Å². The Balaban J connectivity index is 2.13. The number of nitrogens with two attached hydrogens (primary N) is 1. The van der Waals surface area contributed by atoms with E-state index in [9.17, 15) is 4.79 Å². The van der Waals surface area contributed by atoms with Crippen LogP contribution in [0.4, 0.5) is 0 Å². The Bertz CT molecular complexity index is 250. The van der Waals surface area contributed by atoms with Crippen molar-refractivity contribution in [3.63, 3.8) is 0 Å². The van der Waals surface area contributed by atoms with Crippen LogP contribution >= 0.6 is 0 Å². The van der Waals surface area contributed by atoms with E-state index in [4.69, 9.17) is 15.7 Å². The van der Waals surface area contributed by atoms with Gasteiger partial charge in [-0.1, -0.05) is 0 Å². The maximum absolute atomic E-state index is 11.1. The number of amides is 1. The van der Waals surface area contributed by atoms with Gasteiger partial charge in [-0.3, -0.25) is 4.79 Å². The number of carbonyl (C=O) groups is 1. The number of nitrogens with one attached hydrogen (secondary N) is 1. The average molecular weight is 211 g/mol. The van der Waals surface area contributed by atoms with E-state index >= 15 is 0 Å². The van der Waals surface area contributed by atoms with Gasteiger partial charge < -0.3 is 15.8 Å². The van der Waals surface area contributed by atoms with E-state index < -0.39 is 0 Å². The van der Waals surface area contributed by atoms with Gasteiger partial charge in [-0.2, -0.15) is 5.26 Å². The van der Waals surface area contributed by atoms with Crippen LogP contribution in [0.5, 0.6) is 0 Å². The normalized spacial score (nSPS) is 25.6. The van der Waals surface area contributed by atoms with Gasteiger partial charge in [0.2, 0.25) is 5.91 Å². The van der Waals surface area contributed by atoms with Crippen LogP contribution < -0.4 is 11.1 Å².